The molecule has 0 spiro atoms. The van der Waals surface area contributed by atoms with Crippen molar-refractivity contribution in [3.05, 3.63) is 0 Å². The zero-order valence-corrected chi connectivity index (χ0v) is 10.2. The summed E-state index contributed by atoms with van der Waals surface area (Å²) in [4.78, 5) is 0. The lowest BCUT2D eigenvalue weighted by atomic mass is 9.90. The number of methoxy groups -OCH3 is 2. The molecule has 0 aromatic rings. The minimum atomic E-state index is 0.608. The lowest BCUT2D eigenvalue weighted by Gasteiger charge is -2.22. The fourth-order valence-corrected chi connectivity index (χ4v) is 1.80. The standard InChI is InChI=1S/C12H26O2/c1-5-6-7-8-12(10-14-4)11(2)9-13-3/h11-12H,5-10H2,1-4H3. The Bertz CT molecular complexity index is 115. The summed E-state index contributed by atoms with van der Waals surface area (Å²) in [7, 11) is 3.55. The highest BCUT2D eigenvalue weighted by molar-refractivity contribution is 4.65. The van der Waals surface area contributed by atoms with E-state index in [0.717, 1.165) is 13.2 Å². The summed E-state index contributed by atoms with van der Waals surface area (Å²) in [5, 5.41) is 0. The minimum Gasteiger partial charge on any atom is -0.384 e. The fraction of sp³-hybridized carbons (Fsp3) is 1.00. The average Bonchev–Trinajstić information content (AvgIpc) is 2.17. The molecule has 2 nitrogen and oxygen atoms in total. The van der Waals surface area contributed by atoms with Crippen LogP contribution in [-0.4, -0.2) is 27.4 Å². The van der Waals surface area contributed by atoms with Crippen LogP contribution >= 0.6 is 0 Å². The normalized spacial score (nSPS) is 15.4. The summed E-state index contributed by atoms with van der Waals surface area (Å²) in [6, 6.07) is 0. The van der Waals surface area contributed by atoms with E-state index in [1.54, 1.807) is 14.2 Å². The maximum atomic E-state index is 5.25. The molecule has 2 atom stereocenters. The third-order valence-electron chi connectivity index (χ3n) is 2.79. The molecule has 0 aliphatic carbocycles. The van der Waals surface area contributed by atoms with Crippen LogP contribution in [0, 0.1) is 11.8 Å². The molecular weight excluding hydrogens is 176 g/mol. The zero-order chi connectivity index (χ0) is 10.8. The number of hydrogen-bond donors (Lipinski definition) is 0. The molecule has 0 aromatic heterocycles. The molecule has 0 aliphatic heterocycles. The zero-order valence-electron chi connectivity index (χ0n) is 10.2. The van der Waals surface area contributed by atoms with Gasteiger partial charge in [-0.2, -0.15) is 0 Å². The summed E-state index contributed by atoms with van der Waals surface area (Å²) >= 11 is 0. The van der Waals surface area contributed by atoms with Gasteiger partial charge in [0.05, 0.1) is 0 Å². The highest BCUT2D eigenvalue weighted by atomic mass is 16.5. The van der Waals surface area contributed by atoms with Gasteiger partial charge in [-0.3, -0.25) is 0 Å². The van der Waals surface area contributed by atoms with Gasteiger partial charge in [-0.15, -0.1) is 0 Å². The van der Waals surface area contributed by atoms with Gasteiger partial charge in [-0.25, -0.2) is 0 Å². The predicted octanol–water partition coefficient (Wildman–Crippen LogP) is 3.11. The summed E-state index contributed by atoms with van der Waals surface area (Å²) in [6.45, 7) is 6.21. The Morgan fingerprint density at radius 3 is 2.14 bits per heavy atom. The van der Waals surface area contributed by atoms with E-state index in [1.165, 1.54) is 25.7 Å². The van der Waals surface area contributed by atoms with Crippen molar-refractivity contribution in [2.24, 2.45) is 11.8 Å². The second-order valence-corrected chi connectivity index (χ2v) is 4.14. The highest BCUT2D eigenvalue weighted by Gasteiger charge is 2.16. The van der Waals surface area contributed by atoms with Gasteiger partial charge in [0, 0.05) is 27.4 Å². The molecule has 0 aliphatic rings. The molecule has 0 N–H and O–H groups in total. The van der Waals surface area contributed by atoms with Crippen molar-refractivity contribution < 1.29 is 9.47 Å². The van der Waals surface area contributed by atoms with Crippen molar-refractivity contribution in [1.82, 2.24) is 0 Å². The third-order valence-corrected chi connectivity index (χ3v) is 2.79. The summed E-state index contributed by atoms with van der Waals surface area (Å²) in [5.41, 5.74) is 0. The van der Waals surface area contributed by atoms with Gasteiger partial charge >= 0.3 is 0 Å². The third kappa shape index (κ3) is 6.39. The number of ether oxygens (including phenoxy) is 2. The van der Waals surface area contributed by atoms with Crippen LogP contribution in [0.4, 0.5) is 0 Å². The van der Waals surface area contributed by atoms with Crippen molar-refractivity contribution in [1.29, 1.82) is 0 Å². The van der Waals surface area contributed by atoms with Crippen molar-refractivity contribution >= 4 is 0 Å². The molecule has 0 saturated heterocycles. The lowest BCUT2D eigenvalue weighted by Crippen LogP contribution is -2.21. The van der Waals surface area contributed by atoms with Crippen LogP contribution < -0.4 is 0 Å². The quantitative estimate of drug-likeness (QED) is 0.535. The van der Waals surface area contributed by atoms with E-state index in [0.29, 0.717) is 11.8 Å². The number of rotatable bonds is 9. The van der Waals surface area contributed by atoms with Gasteiger partial charge < -0.3 is 9.47 Å². The number of hydrogen-bond acceptors (Lipinski definition) is 2. The lowest BCUT2D eigenvalue weighted by molar-refractivity contribution is 0.0723. The van der Waals surface area contributed by atoms with E-state index in [2.05, 4.69) is 13.8 Å². The van der Waals surface area contributed by atoms with Gasteiger partial charge in [0.15, 0.2) is 0 Å². The van der Waals surface area contributed by atoms with Gasteiger partial charge in [0.1, 0.15) is 0 Å². The van der Waals surface area contributed by atoms with Crippen LogP contribution in [0.15, 0.2) is 0 Å². The second-order valence-electron chi connectivity index (χ2n) is 4.14. The van der Waals surface area contributed by atoms with E-state index in [9.17, 15) is 0 Å². The van der Waals surface area contributed by atoms with Crippen molar-refractivity contribution in [3.8, 4) is 0 Å². The molecule has 2 unspecified atom stereocenters. The first-order chi connectivity index (χ1) is 6.76. The molecular formula is C12H26O2. The van der Waals surface area contributed by atoms with Crippen molar-refractivity contribution in [3.63, 3.8) is 0 Å². The first kappa shape index (κ1) is 13.9. The fourth-order valence-electron chi connectivity index (χ4n) is 1.80. The summed E-state index contributed by atoms with van der Waals surface area (Å²) in [6.07, 6.45) is 5.21. The Labute approximate surface area is 89.0 Å². The highest BCUT2D eigenvalue weighted by Crippen LogP contribution is 2.19. The molecule has 0 radical (unpaired) electrons. The van der Waals surface area contributed by atoms with Crippen LogP contribution in [0.5, 0.6) is 0 Å². The maximum absolute atomic E-state index is 5.25. The Morgan fingerprint density at radius 1 is 1.00 bits per heavy atom. The van der Waals surface area contributed by atoms with Crippen molar-refractivity contribution in [2.45, 2.75) is 39.5 Å². The maximum Gasteiger partial charge on any atom is 0.0493 e. The van der Waals surface area contributed by atoms with E-state index < -0.39 is 0 Å². The Morgan fingerprint density at radius 2 is 1.64 bits per heavy atom. The van der Waals surface area contributed by atoms with Crippen LogP contribution in [-0.2, 0) is 9.47 Å². The van der Waals surface area contributed by atoms with Crippen LogP contribution in [0.2, 0.25) is 0 Å². The van der Waals surface area contributed by atoms with Gasteiger partial charge in [-0.1, -0.05) is 33.1 Å². The molecule has 0 saturated carbocycles. The molecule has 2 heteroatoms. The summed E-state index contributed by atoms with van der Waals surface area (Å²) in [5.74, 6) is 1.27. The largest absolute Gasteiger partial charge is 0.384 e. The molecule has 86 valence electrons. The van der Waals surface area contributed by atoms with E-state index >= 15 is 0 Å². The molecule has 0 amide bonds. The van der Waals surface area contributed by atoms with Gasteiger partial charge in [0.25, 0.3) is 0 Å². The van der Waals surface area contributed by atoms with E-state index in [-0.39, 0.29) is 0 Å². The Hall–Kier alpha value is -0.0800. The van der Waals surface area contributed by atoms with E-state index in [1.807, 2.05) is 0 Å². The average molecular weight is 202 g/mol. The van der Waals surface area contributed by atoms with Crippen LogP contribution in [0.25, 0.3) is 0 Å². The van der Waals surface area contributed by atoms with Gasteiger partial charge in [-0.05, 0) is 18.3 Å². The molecule has 0 fully saturated rings. The molecule has 14 heavy (non-hydrogen) atoms. The van der Waals surface area contributed by atoms with E-state index in [4.69, 9.17) is 9.47 Å². The first-order valence-electron chi connectivity index (χ1n) is 5.74. The van der Waals surface area contributed by atoms with Crippen LogP contribution in [0.1, 0.15) is 39.5 Å². The Kier molecular flexibility index (Phi) is 9.42. The Balaban J connectivity index is 3.74. The number of unbranched alkanes of at least 4 members (excludes halogenated alkanes) is 2. The molecule has 0 bridgehead atoms. The topological polar surface area (TPSA) is 18.5 Å². The van der Waals surface area contributed by atoms with Crippen molar-refractivity contribution in [2.75, 3.05) is 27.4 Å². The molecule has 0 heterocycles. The SMILES string of the molecule is CCCCCC(COC)C(C)COC. The summed E-state index contributed by atoms with van der Waals surface area (Å²) < 4.78 is 10.4. The van der Waals surface area contributed by atoms with Crippen LogP contribution in [0.3, 0.4) is 0 Å². The smallest absolute Gasteiger partial charge is 0.0493 e. The van der Waals surface area contributed by atoms with Gasteiger partial charge in [0.2, 0.25) is 0 Å². The molecule has 0 aromatic carbocycles. The second kappa shape index (κ2) is 9.47. The molecule has 0 rings (SSSR count). The minimum absolute atomic E-state index is 0.608. The predicted molar refractivity (Wildman–Crippen MR) is 60.5 cm³/mol. The first-order valence-corrected chi connectivity index (χ1v) is 5.74. The monoisotopic (exact) mass is 202 g/mol.